The van der Waals surface area contributed by atoms with Gasteiger partial charge in [-0.3, -0.25) is 4.79 Å². The van der Waals surface area contributed by atoms with Gasteiger partial charge in [0, 0.05) is 24.7 Å². The van der Waals surface area contributed by atoms with Gasteiger partial charge in [-0.2, -0.15) is 0 Å². The second kappa shape index (κ2) is 9.35. The fourth-order valence-corrected chi connectivity index (χ4v) is 4.67. The van der Waals surface area contributed by atoms with E-state index in [9.17, 15) is 13.2 Å². The number of likely N-dealkylation sites (tertiary alicyclic amines) is 1. The van der Waals surface area contributed by atoms with Crippen LogP contribution in [-0.2, 0) is 15.6 Å². The molecule has 2 aromatic carbocycles. The first-order chi connectivity index (χ1) is 12.5. The standard InChI is InChI=1S/C20H24N2O3S.ClH/c1-21-18-10-6-12-22(14-18)20(23)17-9-5-11-19(13-17)26(24,25)15-16-7-3-2-4-8-16;/h2-5,7-9,11,13,18,21H,6,10,12,14-15H2,1H3;1H. The van der Waals surface area contributed by atoms with Crippen molar-refractivity contribution in [2.24, 2.45) is 0 Å². The molecule has 27 heavy (non-hydrogen) atoms. The summed E-state index contributed by atoms with van der Waals surface area (Å²) in [5, 5.41) is 3.21. The van der Waals surface area contributed by atoms with Crippen LogP contribution < -0.4 is 5.32 Å². The zero-order valence-corrected chi connectivity index (χ0v) is 16.9. The molecule has 1 atom stereocenters. The summed E-state index contributed by atoms with van der Waals surface area (Å²) < 4.78 is 25.4. The van der Waals surface area contributed by atoms with Crippen molar-refractivity contribution in [3.05, 3.63) is 65.7 Å². The lowest BCUT2D eigenvalue weighted by Crippen LogP contribution is -2.46. The Morgan fingerprint density at radius 2 is 1.89 bits per heavy atom. The molecule has 0 aliphatic carbocycles. The quantitative estimate of drug-likeness (QED) is 0.826. The van der Waals surface area contributed by atoms with E-state index in [2.05, 4.69) is 5.32 Å². The number of nitrogens with zero attached hydrogens (tertiary/aromatic N) is 1. The number of halogens is 1. The van der Waals surface area contributed by atoms with Gasteiger partial charge in [0.15, 0.2) is 9.84 Å². The van der Waals surface area contributed by atoms with E-state index in [1.54, 1.807) is 35.2 Å². The van der Waals surface area contributed by atoms with Gasteiger partial charge in [0.25, 0.3) is 5.91 Å². The first-order valence-corrected chi connectivity index (χ1v) is 10.5. The maximum absolute atomic E-state index is 12.8. The van der Waals surface area contributed by atoms with Crippen LogP contribution in [0, 0.1) is 0 Å². The largest absolute Gasteiger partial charge is 0.337 e. The fourth-order valence-electron chi connectivity index (χ4n) is 3.28. The minimum Gasteiger partial charge on any atom is -0.337 e. The number of piperidine rings is 1. The Hall–Kier alpha value is -1.89. The third-order valence-electron chi connectivity index (χ3n) is 4.76. The highest BCUT2D eigenvalue weighted by Gasteiger charge is 2.24. The van der Waals surface area contributed by atoms with Gasteiger partial charge in [-0.25, -0.2) is 8.42 Å². The van der Waals surface area contributed by atoms with Crippen LogP contribution >= 0.6 is 12.4 Å². The van der Waals surface area contributed by atoms with E-state index >= 15 is 0 Å². The van der Waals surface area contributed by atoms with Gasteiger partial charge in [0.1, 0.15) is 0 Å². The maximum Gasteiger partial charge on any atom is 0.253 e. The lowest BCUT2D eigenvalue weighted by atomic mass is 10.0. The molecule has 146 valence electrons. The van der Waals surface area contributed by atoms with E-state index < -0.39 is 9.84 Å². The van der Waals surface area contributed by atoms with E-state index in [4.69, 9.17) is 0 Å². The maximum atomic E-state index is 12.8. The Morgan fingerprint density at radius 3 is 2.59 bits per heavy atom. The molecule has 2 aromatic rings. The monoisotopic (exact) mass is 408 g/mol. The van der Waals surface area contributed by atoms with Crippen LogP contribution in [0.1, 0.15) is 28.8 Å². The summed E-state index contributed by atoms with van der Waals surface area (Å²) in [6.45, 7) is 1.36. The molecule has 1 unspecified atom stereocenters. The van der Waals surface area contributed by atoms with Crippen LogP contribution in [0.25, 0.3) is 0 Å². The number of hydrogen-bond donors (Lipinski definition) is 1. The van der Waals surface area contributed by atoms with Crippen molar-refractivity contribution in [3.63, 3.8) is 0 Å². The number of hydrogen-bond acceptors (Lipinski definition) is 4. The number of carbonyl (C=O) groups excluding carboxylic acids is 1. The third-order valence-corrected chi connectivity index (χ3v) is 6.44. The first kappa shape index (κ1) is 21.4. The summed E-state index contributed by atoms with van der Waals surface area (Å²) >= 11 is 0. The minimum atomic E-state index is -3.50. The summed E-state index contributed by atoms with van der Waals surface area (Å²) in [5.74, 6) is -0.182. The van der Waals surface area contributed by atoms with Gasteiger partial charge in [0.2, 0.25) is 0 Å². The third kappa shape index (κ3) is 5.31. The molecule has 0 bridgehead atoms. The molecule has 0 radical (unpaired) electrons. The van der Waals surface area contributed by atoms with Crippen LogP contribution in [0.4, 0.5) is 0 Å². The molecule has 0 saturated carbocycles. The predicted molar refractivity (Wildman–Crippen MR) is 109 cm³/mol. The van der Waals surface area contributed by atoms with Crippen molar-refractivity contribution in [1.82, 2.24) is 10.2 Å². The van der Waals surface area contributed by atoms with E-state index in [0.717, 1.165) is 18.4 Å². The Balaban J connectivity index is 0.00000261. The second-order valence-electron chi connectivity index (χ2n) is 6.65. The van der Waals surface area contributed by atoms with Crippen molar-refractivity contribution in [3.8, 4) is 0 Å². The predicted octanol–water partition coefficient (Wildman–Crippen LogP) is 2.91. The Kier molecular flexibility index (Phi) is 7.41. The van der Waals surface area contributed by atoms with Gasteiger partial charge < -0.3 is 10.2 Å². The highest BCUT2D eigenvalue weighted by Crippen LogP contribution is 2.20. The number of benzene rings is 2. The van der Waals surface area contributed by atoms with E-state index in [0.29, 0.717) is 18.7 Å². The van der Waals surface area contributed by atoms with Crippen LogP contribution in [0.2, 0.25) is 0 Å². The molecule has 1 amide bonds. The highest BCUT2D eigenvalue weighted by molar-refractivity contribution is 7.90. The van der Waals surface area contributed by atoms with Crippen molar-refractivity contribution in [2.45, 2.75) is 29.5 Å². The Bertz CT molecular complexity index is 872. The van der Waals surface area contributed by atoms with Crippen molar-refractivity contribution in [2.75, 3.05) is 20.1 Å². The lowest BCUT2D eigenvalue weighted by Gasteiger charge is -2.32. The summed E-state index contributed by atoms with van der Waals surface area (Å²) in [7, 11) is -1.60. The van der Waals surface area contributed by atoms with Gasteiger partial charge in [-0.05, 0) is 43.7 Å². The molecule has 1 fully saturated rings. The molecule has 0 aromatic heterocycles. The van der Waals surface area contributed by atoms with Crippen molar-refractivity contribution in [1.29, 1.82) is 0 Å². The summed E-state index contributed by atoms with van der Waals surface area (Å²) in [6, 6.07) is 15.8. The molecule has 1 N–H and O–H groups in total. The molecular formula is C20H25ClN2O3S. The topological polar surface area (TPSA) is 66.5 Å². The number of sulfone groups is 1. The molecule has 5 nitrogen and oxygen atoms in total. The summed E-state index contributed by atoms with van der Waals surface area (Å²) in [4.78, 5) is 14.8. The smallest absolute Gasteiger partial charge is 0.253 e. The normalized spacial score (nSPS) is 17.2. The number of carbonyl (C=O) groups is 1. The SMILES string of the molecule is CNC1CCCN(C(=O)c2cccc(S(=O)(=O)Cc3ccccc3)c2)C1.Cl. The van der Waals surface area contributed by atoms with Crippen LogP contribution in [-0.4, -0.2) is 45.4 Å². The molecule has 1 aliphatic heterocycles. The molecule has 7 heteroatoms. The van der Waals surface area contributed by atoms with Crippen molar-refractivity contribution < 1.29 is 13.2 Å². The van der Waals surface area contributed by atoms with Crippen molar-refractivity contribution >= 4 is 28.2 Å². The van der Waals surface area contributed by atoms with Crippen LogP contribution in [0.15, 0.2) is 59.5 Å². The number of nitrogens with one attached hydrogen (secondary N) is 1. The molecular weight excluding hydrogens is 384 g/mol. The molecule has 0 spiro atoms. The molecule has 1 heterocycles. The van der Waals surface area contributed by atoms with Crippen LogP contribution in [0.5, 0.6) is 0 Å². The number of likely N-dealkylation sites (N-methyl/N-ethyl adjacent to an activating group) is 1. The summed E-state index contributed by atoms with van der Waals surface area (Å²) in [6.07, 6.45) is 2.00. The van der Waals surface area contributed by atoms with Crippen LogP contribution in [0.3, 0.4) is 0 Å². The highest BCUT2D eigenvalue weighted by atomic mass is 35.5. The second-order valence-corrected chi connectivity index (χ2v) is 8.64. The van der Waals surface area contributed by atoms with Gasteiger partial charge in [-0.15, -0.1) is 12.4 Å². The average Bonchev–Trinajstić information content (AvgIpc) is 2.68. The van der Waals surface area contributed by atoms with Gasteiger partial charge in [0.05, 0.1) is 10.6 Å². The average molecular weight is 409 g/mol. The lowest BCUT2D eigenvalue weighted by molar-refractivity contribution is 0.0698. The minimum absolute atomic E-state index is 0. The van der Waals surface area contributed by atoms with Gasteiger partial charge in [-0.1, -0.05) is 36.4 Å². The molecule has 1 saturated heterocycles. The number of rotatable bonds is 5. The van der Waals surface area contributed by atoms with Gasteiger partial charge >= 0.3 is 0 Å². The van der Waals surface area contributed by atoms with E-state index in [-0.39, 0.29) is 35.0 Å². The molecule has 3 rings (SSSR count). The zero-order valence-electron chi connectivity index (χ0n) is 15.3. The van der Waals surface area contributed by atoms with E-state index in [1.807, 2.05) is 25.2 Å². The Labute approximate surface area is 167 Å². The first-order valence-electron chi connectivity index (χ1n) is 8.83. The zero-order chi connectivity index (χ0) is 18.6. The van der Waals surface area contributed by atoms with E-state index in [1.165, 1.54) is 6.07 Å². The molecule has 1 aliphatic rings. The fraction of sp³-hybridized carbons (Fsp3) is 0.350. The summed E-state index contributed by atoms with van der Waals surface area (Å²) in [5.41, 5.74) is 1.16. The number of amides is 1. The Morgan fingerprint density at radius 1 is 1.15 bits per heavy atom.